The maximum atomic E-state index is 12.9. The van der Waals surface area contributed by atoms with Gasteiger partial charge in [-0.15, -0.1) is 0 Å². The lowest BCUT2D eigenvalue weighted by Gasteiger charge is -2.26. The van der Waals surface area contributed by atoms with Gasteiger partial charge in [-0.05, 0) is 31.0 Å². The number of rotatable bonds is 5. The van der Waals surface area contributed by atoms with E-state index >= 15 is 0 Å². The Morgan fingerprint density at radius 2 is 2.15 bits per heavy atom. The Kier molecular flexibility index (Phi) is 5.36. The lowest BCUT2D eigenvalue weighted by molar-refractivity contribution is -0.141. The predicted molar refractivity (Wildman–Crippen MR) is 95.5 cm³/mol. The smallest absolute Gasteiger partial charge is 0.305 e. The molecule has 0 spiro atoms. The van der Waals surface area contributed by atoms with E-state index in [-0.39, 0.29) is 37.2 Å². The average Bonchev–Trinajstić information content (AvgIpc) is 3.20. The van der Waals surface area contributed by atoms with E-state index in [0.717, 1.165) is 6.42 Å². The number of carboxylic acid groups (broad SMARTS) is 1. The number of likely N-dealkylation sites (tertiary alicyclic amines) is 1. The molecule has 1 aromatic carbocycles. The molecular weight excluding hydrogens is 360 g/mol. The first-order chi connectivity index (χ1) is 12.4. The highest BCUT2D eigenvalue weighted by Crippen LogP contribution is 2.36. The van der Waals surface area contributed by atoms with Crippen LogP contribution in [0, 0.1) is 5.92 Å². The third-order valence-corrected chi connectivity index (χ3v) is 5.21. The van der Waals surface area contributed by atoms with Gasteiger partial charge in [0.15, 0.2) is 0 Å². The summed E-state index contributed by atoms with van der Waals surface area (Å²) in [5, 5.41) is 9.50. The van der Waals surface area contributed by atoms with Gasteiger partial charge in [-0.3, -0.25) is 14.4 Å². The molecule has 7 nitrogen and oxygen atoms in total. The van der Waals surface area contributed by atoms with Crippen molar-refractivity contribution >= 4 is 35.1 Å². The summed E-state index contributed by atoms with van der Waals surface area (Å²) < 4.78 is 5.30. The largest absolute Gasteiger partial charge is 0.495 e. The number of aliphatic carboxylic acids is 1. The highest BCUT2D eigenvalue weighted by molar-refractivity contribution is 6.31. The number of ether oxygens (including phenoxy) is 1. The number of methoxy groups -OCH3 is 1. The lowest BCUT2D eigenvalue weighted by atomic mass is 10.1. The topological polar surface area (TPSA) is 87.2 Å². The molecule has 1 N–H and O–H groups in total. The summed E-state index contributed by atoms with van der Waals surface area (Å²) in [6.07, 6.45) is 1.52. The van der Waals surface area contributed by atoms with Gasteiger partial charge < -0.3 is 19.6 Å². The summed E-state index contributed by atoms with van der Waals surface area (Å²) in [6, 6.07) is 4.72. The van der Waals surface area contributed by atoms with Crippen molar-refractivity contribution < 1.29 is 24.2 Å². The standard InChI is InChI=1S/C18H21ClN2O5/c1-26-15-5-4-12(19)8-14(15)21-10-11(7-16(21)22)18(25)20-6-2-3-13(20)9-17(23)24/h4-5,8,11,13H,2-3,6-7,9-10H2,1H3,(H,23,24). The minimum absolute atomic E-state index is 0.0573. The van der Waals surface area contributed by atoms with Crippen LogP contribution in [0.4, 0.5) is 5.69 Å². The molecule has 0 radical (unpaired) electrons. The van der Waals surface area contributed by atoms with Crippen LogP contribution in [0.15, 0.2) is 18.2 Å². The van der Waals surface area contributed by atoms with E-state index in [2.05, 4.69) is 0 Å². The van der Waals surface area contributed by atoms with Gasteiger partial charge in [0.1, 0.15) is 5.75 Å². The van der Waals surface area contributed by atoms with Crippen LogP contribution in [-0.2, 0) is 14.4 Å². The zero-order valence-corrected chi connectivity index (χ0v) is 15.2. The molecule has 2 aliphatic heterocycles. The van der Waals surface area contributed by atoms with Gasteiger partial charge >= 0.3 is 5.97 Å². The van der Waals surface area contributed by atoms with Gasteiger partial charge in [-0.1, -0.05) is 11.6 Å². The highest BCUT2D eigenvalue weighted by atomic mass is 35.5. The summed E-state index contributed by atoms with van der Waals surface area (Å²) in [6.45, 7) is 0.784. The zero-order chi connectivity index (χ0) is 18.8. The van der Waals surface area contributed by atoms with E-state index in [4.69, 9.17) is 21.4 Å². The van der Waals surface area contributed by atoms with Gasteiger partial charge in [-0.2, -0.15) is 0 Å². The van der Waals surface area contributed by atoms with Gasteiger partial charge in [0.05, 0.1) is 25.1 Å². The summed E-state index contributed by atoms with van der Waals surface area (Å²) in [5.41, 5.74) is 0.545. The molecule has 0 aromatic heterocycles. The fourth-order valence-electron chi connectivity index (χ4n) is 3.75. The van der Waals surface area contributed by atoms with E-state index in [1.165, 1.54) is 12.0 Å². The molecule has 2 aliphatic rings. The molecule has 0 aliphatic carbocycles. The molecule has 8 heteroatoms. The number of hydrogen-bond acceptors (Lipinski definition) is 4. The van der Waals surface area contributed by atoms with Crippen LogP contribution in [0.1, 0.15) is 25.7 Å². The van der Waals surface area contributed by atoms with Gasteiger partial charge in [0, 0.05) is 30.6 Å². The van der Waals surface area contributed by atoms with Crippen LogP contribution < -0.4 is 9.64 Å². The Labute approximate surface area is 156 Å². The fraction of sp³-hybridized carbons (Fsp3) is 0.500. The van der Waals surface area contributed by atoms with E-state index in [9.17, 15) is 14.4 Å². The van der Waals surface area contributed by atoms with E-state index < -0.39 is 11.9 Å². The molecule has 3 rings (SSSR count). The van der Waals surface area contributed by atoms with Crippen LogP contribution in [0.5, 0.6) is 5.75 Å². The van der Waals surface area contributed by atoms with Crippen LogP contribution in [0.25, 0.3) is 0 Å². The van der Waals surface area contributed by atoms with Crippen molar-refractivity contribution in [3.8, 4) is 5.75 Å². The third kappa shape index (κ3) is 3.62. The first-order valence-corrected chi connectivity index (χ1v) is 8.94. The molecule has 2 fully saturated rings. The second kappa shape index (κ2) is 7.53. The minimum Gasteiger partial charge on any atom is -0.495 e. The summed E-state index contributed by atoms with van der Waals surface area (Å²) in [5.74, 6) is -1.20. The maximum Gasteiger partial charge on any atom is 0.305 e. The van der Waals surface area contributed by atoms with Gasteiger partial charge in [0.25, 0.3) is 0 Å². The molecule has 2 unspecified atom stereocenters. The number of carbonyl (C=O) groups excluding carboxylic acids is 2. The normalized spacial score (nSPS) is 22.8. The number of benzene rings is 1. The first kappa shape index (κ1) is 18.5. The van der Waals surface area contributed by atoms with E-state index in [1.807, 2.05) is 0 Å². The van der Waals surface area contributed by atoms with Gasteiger partial charge in [-0.25, -0.2) is 0 Å². The predicted octanol–water partition coefficient (Wildman–Crippen LogP) is 2.17. The third-order valence-electron chi connectivity index (χ3n) is 4.98. The molecule has 0 bridgehead atoms. The summed E-state index contributed by atoms with van der Waals surface area (Å²) in [4.78, 5) is 39.5. The SMILES string of the molecule is COc1ccc(Cl)cc1N1CC(C(=O)N2CCCC2CC(=O)O)CC1=O. The minimum atomic E-state index is -0.914. The number of carboxylic acids is 1. The number of amides is 2. The quantitative estimate of drug-likeness (QED) is 0.845. The number of hydrogen-bond donors (Lipinski definition) is 1. The molecule has 2 saturated heterocycles. The summed E-state index contributed by atoms with van der Waals surface area (Å²) in [7, 11) is 1.51. The average molecular weight is 381 g/mol. The Morgan fingerprint density at radius 1 is 1.38 bits per heavy atom. The Bertz CT molecular complexity index is 738. The monoisotopic (exact) mass is 380 g/mol. The van der Waals surface area contributed by atoms with Gasteiger partial charge in [0.2, 0.25) is 11.8 Å². The highest BCUT2D eigenvalue weighted by Gasteiger charge is 2.41. The maximum absolute atomic E-state index is 12.9. The lowest BCUT2D eigenvalue weighted by Crippen LogP contribution is -2.41. The molecule has 140 valence electrons. The number of halogens is 1. The Balaban J connectivity index is 1.76. The first-order valence-electron chi connectivity index (χ1n) is 8.57. The fourth-order valence-corrected chi connectivity index (χ4v) is 3.92. The zero-order valence-electron chi connectivity index (χ0n) is 14.5. The Hall–Kier alpha value is -2.28. The number of carbonyl (C=O) groups is 3. The van der Waals surface area contributed by atoms with E-state index in [0.29, 0.717) is 29.4 Å². The molecular formula is C18H21ClN2O5. The second-order valence-electron chi connectivity index (χ2n) is 6.65. The number of anilines is 1. The van der Waals surface area contributed by atoms with Crippen LogP contribution in [0.3, 0.4) is 0 Å². The van der Waals surface area contributed by atoms with E-state index in [1.54, 1.807) is 23.1 Å². The molecule has 2 heterocycles. The molecule has 26 heavy (non-hydrogen) atoms. The van der Waals surface area contributed by atoms with Crippen molar-refractivity contribution in [2.75, 3.05) is 25.1 Å². The van der Waals surface area contributed by atoms with Crippen molar-refractivity contribution in [1.82, 2.24) is 4.90 Å². The molecule has 2 amide bonds. The van der Waals surface area contributed by atoms with Crippen LogP contribution in [-0.4, -0.2) is 54.0 Å². The number of nitrogens with zero attached hydrogens (tertiary/aromatic N) is 2. The van der Waals surface area contributed by atoms with Crippen molar-refractivity contribution in [1.29, 1.82) is 0 Å². The van der Waals surface area contributed by atoms with Crippen molar-refractivity contribution in [2.45, 2.75) is 31.7 Å². The second-order valence-corrected chi connectivity index (χ2v) is 7.08. The summed E-state index contributed by atoms with van der Waals surface area (Å²) >= 11 is 6.05. The van der Waals surface area contributed by atoms with Crippen LogP contribution >= 0.6 is 11.6 Å². The van der Waals surface area contributed by atoms with Crippen LogP contribution in [0.2, 0.25) is 5.02 Å². The van der Waals surface area contributed by atoms with Crippen molar-refractivity contribution in [2.24, 2.45) is 5.92 Å². The van der Waals surface area contributed by atoms with Crippen molar-refractivity contribution in [3.05, 3.63) is 23.2 Å². The molecule has 2 atom stereocenters. The molecule has 0 saturated carbocycles. The molecule has 1 aromatic rings. The van der Waals surface area contributed by atoms with Crippen molar-refractivity contribution in [3.63, 3.8) is 0 Å². The Morgan fingerprint density at radius 3 is 2.85 bits per heavy atom.